The van der Waals surface area contributed by atoms with E-state index in [1.54, 1.807) is 0 Å². The summed E-state index contributed by atoms with van der Waals surface area (Å²) in [7, 11) is 0. The molecule has 0 radical (unpaired) electrons. The van der Waals surface area contributed by atoms with Gasteiger partial charge in [-0.25, -0.2) is 4.99 Å². The van der Waals surface area contributed by atoms with Gasteiger partial charge in [-0.15, -0.1) is 0 Å². The Morgan fingerprint density at radius 1 is 1.20 bits per heavy atom. The van der Waals surface area contributed by atoms with Crippen molar-refractivity contribution >= 4 is 23.5 Å². The van der Waals surface area contributed by atoms with Gasteiger partial charge in [0, 0.05) is 29.1 Å². The van der Waals surface area contributed by atoms with E-state index in [9.17, 15) is 4.79 Å². The van der Waals surface area contributed by atoms with Crippen molar-refractivity contribution in [2.75, 3.05) is 19.6 Å². The van der Waals surface area contributed by atoms with Crippen molar-refractivity contribution in [2.45, 2.75) is 51.5 Å². The molecule has 0 aliphatic heterocycles. The molecule has 0 saturated heterocycles. The molecule has 1 aliphatic rings. The van der Waals surface area contributed by atoms with Crippen LogP contribution in [-0.2, 0) is 10.2 Å². The fourth-order valence-corrected chi connectivity index (χ4v) is 2.85. The van der Waals surface area contributed by atoms with Crippen molar-refractivity contribution in [1.29, 1.82) is 0 Å². The van der Waals surface area contributed by atoms with Crippen LogP contribution in [0.1, 0.15) is 46.1 Å². The Labute approximate surface area is 155 Å². The van der Waals surface area contributed by atoms with Crippen molar-refractivity contribution in [3.63, 3.8) is 0 Å². The molecule has 1 aliphatic carbocycles. The van der Waals surface area contributed by atoms with Gasteiger partial charge in [0.15, 0.2) is 5.96 Å². The normalized spacial score (nSPS) is 16.3. The van der Waals surface area contributed by atoms with Gasteiger partial charge in [-0.05, 0) is 58.2 Å². The van der Waals surface area contributed by atoms with Crippen molar-refractivity contribution in [2.24, 2.45) is 4.99 Å². The van der Waals surface area contributed by atoms with Crippen molar-refractivity contribution < 1.29 is 4.79 Å². The minimum absolute atomic E-state index is 0.0801. The number of carbonyl (C=O) groups is 1. The number of hydrogen-bond donors (Lipinski definition) is 3. The summed E-state index contributed by atoms with van der Waals surface area (Å²) < 4.78 is 0. The van der Waals surface area contributed by atoms with E-state index in [1.165, 1.54) is 5.56 Å². The number of rotatable bonds is 6. The summed E-state index contributed by atoms with van der Waals surface area (Å²) >= 11 is 5.98. The zero-order valence-electron chi connectivity index (χ0n) is 15.6. The Kier molecular flexibility index (Phi) is 6.33. The Balaban J connectivity index is 1.94. The van der Waals surface area contributed by atoms with E-state index in [-0.39, 0.29) is 23.4 Å². The average molecular weight is 365 g/mol. The second-order valence-electron chi connectivity index (χ2n) is 7.63. The first-order valence-corrected chi connectivity index (χ1v) is 9.21. The van der Waals surface area contributed by atoms with Crippen LogP contribution in [0.15, 0.2) is 29.3 Å². The highest BCUT2D eigenvalue weighted by Gasteiger charge is 2.44. The molecule has 1 aromatic rings. The van der Waals surface area contributed by atoms with Gasteiger partial charge in [-0.1, -0.05) is 23.7 Å². The van der Waals surface area contributed by atoms with E-state index in [4.69, 9.17) is 11.6 Å². The van der Waals surface area contributed by atoms with Crippen molar-refractivity contribution in [3.05, 3.63) is 34.9 Å². The molecule has 0 spiro atoms. The number of halogens is 1. The number of amides is 1. The minimum Gasteiger partial charge on any atom is -0.357 e. The van der Waals surface area contributed by atoms with Crippen LogP contribution in [-0.4, -0.2) is 37.0 Å². The number of hydrogen-bond acceptors (Lipinski definition) is 2. The van der Waals surface area contributed by atoms with Crippen LogP contribution in [0.3, 0.4) is 0 Å². The van der Waals surface area contributed by atoms with Gasteiger partial charge in [-0.2, -0.15) is 0 Å². The van der Waals surface area contributed by atoms with Gasteiger partial charge >= 0.3 is 0 Å². The molecule has 0 aromatic heterocycles. The predicted octanol–water partition coefficient (Wildman–Crippen LogP) is 2.84. The number of benzene rings is 1. The molecule has 0 bridgehead atoms. The number of nitrogens with one attached hydrogen (secondary N) is 3. The van der Waals surface area contributed by atoms with Gasteiger partial charge < -0.3 is 16.0 Å². The van der Waals surface area contributed by atoms with Crippen molar-refractivity contribution in [3.8, 4) is 0 Å². The molecular formula is C19H29ClN4O. The topological polar surface area (TPSA) is 65.5 Å². The molecule has 5 nitrogen and oxygen atoms in total. The Morgan fingerprint density at radius 2 is 1.84 bits per heavy atom. The van der Waals surface area contributed by atoms with Crippen LogP contribution < -0.4 is 16.0 Å². The molecule has 3 N–H and O–H groups in total. The van der Waals surface area contributed by atoms with Crippen molar-refractivity contribution in [1.82, 2.24) is 16.0 Å². The van der Waals surface area contributed by atoms with Crippen LogP contribution in [0.25, 0.3) is 0 Å². The fourth-order valence-electron chi connectivity index (χ4n) is 2.73. The number of carbonyl (C=O) groups excluding carboxylic acids is 1. The third-order valence-electron chi connectivity index (χ3n) is 4.14. The zero-order valence-corrected chi connectivity index (χ0v) is 16.3. The Morgan fingerprint density at radius 3 is 2.36 bits per heavy atom. The highest BCUT2D eigenvalue weighted by Crippen LogP contribution is 2.47. The van der Waals surface area contributed by atoms with Crippen LogP contribution in [0.4, 0.5) is 0 Å². The lowest BCUT2D eigenvalue weighted by Gasteiger charge is -2.21. The van der Waals surface area contributed by atoms with E-state index >= 15 is 0 Å². The largest absolute Gasteiger partial charge is 0.357 e. The molecule has 25 heavy (non-hydrogen) atoms. The first-order chi connectivity index (χ1) is 11.7. The predicted molar refractivity (Wildman–Crippen MR) is 104 cm³/mol. The number of aliphatic imine (C=N–C) groups is 1. The third kappa shape index (κ3) is 6.24. The van der Waals surface area contributed by atoms with E-state index in [1.807, 2.05) is 39.8 Å². The monoisotopic (exact) mass is 364 g/mol. The van der Waals surface area contributed by atoms with E-state index in [0.29, 0.717) is 5.96 Å². The van der Waals surface area contributed by atoms with Gasteiger partial charge in [0.1, 0.15) is 6.54 Å². The molecular weight excluding hydrogens is 336 g/mol. The highest BCUT2D eigenvalue weighted by molar-refractivity contribution is 6.30. The lowest BCUT2D eigenvalue weighted by atomic mass is 9.96. The second kappa shape index (κ2) is 8.09. The smallest absolute Gasteiger partial charge is 0.242 e. The molecule has 2 rings (SSSR count). The molecule has 6 heteroatoms. The molecule has 1 amide bonds. The fraction of sp³-hybridized carbons (Fsp3) is 0.579. The summed E-state index contributed by atoms with van der Waals surface area (Å²) in [6.45, 7) is 9.55. The molecule has 0 atom stereocenters. The quantitative estimate of drug-likeness (QED) is 0.537. The summed E-state index contributed by atoms with van der Waals surface area (Å²) in [5, 5.41) is 10.3. The van der Waals surface area contributed by atoms with Gasteiger partial charge in [0.2, 0.25) is 5.91 Å². The summed E-state index contributed by atoms with van der Waals surface area (Å²) in [4.78, 5) is 16.3. The van der Waals surface area contributed by atoms with Crippen LogP contribution in [0, 0.1) is 0 Å². The van der Waals surface area contributed by atoms with E-state index in [0.717, 1.165) is 31.0 Å². The van der Waals surface area contributed by atoms with Gasteiger partial charge in [0.25, 0.3) is 0 Å². The summed E-state index contributed by atoms with van der Waals surface area (Å²) in [5.74, 6) is 0.593. The Hall–Kier alpha value is -1.75. The zero-order chi connectivity index (χ0) is 18.5. The summed E-state index contributed by atoms with van der Waals surface area (Å²) in [6, 6.07) is 8.07. The Bertz CT molecular complexity index is 615. The summed E-state index contributed by atoms with van der Waals surface area (Å²) in [5.41, 5.74) is 1.20. The molecule has 1 saturated carbocycles. The maximum absolute atomic E-state index is 11.9. The maximum Gasteiger partial charge on any atom is 0.242 e. The van der Waals surface area contributed by atoms with Gasteiger partial charge in [-0.3, -0.25) is 4.79 Å². The first kappa shape index (κ1) is 19.6. The third-order valence-corrected chi connectivity index (χ3v) is 4.40. The molecule has 1 aromatic carbocycles. The molecule has 1 fully saturated rings. The first-order valence-electron chi connectivity index (χ1n) is 8.83. The molecule has 138 valence electrons. The van der Waals surface area contributed by atoms with Crippen LogP contribution in [0.5, 0.6) is 0 Å². The SMILES string of the molecule is CCNC(=NCC(=O)NC(C)(C)C)NCC1(c2ccc(Cl)cc2)CC1. The molecule has 0 heterocycles. The highest BCUT2D eigenvalue weighted by atomic mass is 35.5. The maximum atomic E-state index is 11.9. The molecule has 0 unspecified atom stereocenters. The average Bonchev–Trinajstić information content (AvgIpc) is 3.30. The minimum atomic E-state index is -0.245. The van der Waals surface area contributed by atoms with Gasteiger partial charge in [0.05, 0.1) is 0 Å². The second-order valence-corrected chi connectivity index (χ2v) is 8.07. The number of nitrogens with zero attached hydrogens (tertiary/aromatic N) is 1. The summed E-state index contributed by atoms with van der Waals surface area (Å²) in [6.07, 6.45) is 2.29. The van der Waals surface area contributed by atoms with E-state index < -0.39 is 0 Å². The van der Waals surface area contributed by atoms with Crippen LogP contribution >= 0.6 is 11.6 Å². The standard InChI is InChI=1S/C19H29ClN4O/c1-5-21-17(22-12-16(25)24-18(2,3)4)23-13-19(10-11-19)14-6-8-15(20)9-7-14/h6-9H,5,10-13H2,1-4H3,(H,24,25)(H2,21,22,23). The number of guanidine groups is 1. The van der Waals surface area contributed by atoms with E-state index in [2.05, 4.69) is 33.1 Å². The lowest BCUT2D eigenvalue weighted by Crippen LogP contribution is -2.44. The lowest BCUT2D eigenvalue weighted by molar-refractivity contribution is -0.121. The van der Waals surface area contributed by atoms with Crippen LogP contribution in [0.2, 0.25) is 5.02 Å².